The van der Waals surface area contributed by atoms with Gasteiger partial charge in [-0.05, 0) is 30.5 Å². The molecule has 1 fully saturated rings. The molecule has 2 aromatic rings. The van der Waals surface area contributed by atoms with Gasteiger partial charge in [0.15, 0.2) is 0 Å². The number of anilines is 1. The molecule has 0 amide bonds. The van der Waals surface area contributed by atoms with Crippen molar-refractivity contribution < 1.29 is 9.13 Å². The molecule has 2 atom stereocenters. The van der Waals surface area contributed by atoms with Crippen LogP contribution in [0.4, 0.5) is 10.1 Å². The molecule has 1 aliphatic heterocycles. The number of ether oxygens (including phenoxy) is 1. The van der Waals surface area contributed by atoms with E-state index in [1.807, 2.05) is 24.4 Å². The monoisotopic (exact) mass is 329 g/mol. The zero-order chi connectivity index (χ0) is 16.9. The number of nitrogens with one attached hydrogen (secondary N) is 1. The maximum absolute atomic E-state index is 13.6. The minimum absolute atomic E-state index is 0.280. The Hall–Kier alpha value is -2.14. The molecule has 1 saturated heterocycles. The summed E-state index contributed by atoms with van der Waals surface area (Å²) in [6.07, 6.45) is 2.86. The van der Waals surface area contributed by atoms with Crippen LogP contribution < -0.4 is 10.1 Å². The number of aromatic nitrogens is 1. The largest absolute Gasteiger partial charge is 0.497 e. The number of methoxy groups -OCH3 is 1. The number of hydrogen-bond acceptors (Lipinski definition) is 4. The zero-order valence-electron chi connectivity index (χ0n) is 14.2. The van der Waals surface area contributed by atoms with E-state index >= 15 is 0 Å². The van der Waals surface area contributed by atoms with E-state index in [-0.39, 0.29) is 5.82 Å². The molecule has 24 heavy (non-hydrogen) atoms. The third kappa shape index (κ3) is 4.23. The molecule has 1 aromatic carbocycles. The molecular weight excluding hydrogens is 305 g/mol. The third-order valence-electron chi connectivity index (χ3n) is 4.56. The third-order valence-corrected chi connectivity index (χ3v) is 4.56. The van der Waals surface area contributed by atoms with E-state index in [1.54, 1.807) is 7.11 Å². The van der Waals surface area contributed by atoms with Crippen LogP contribution in [0.1, 0.15) is 19.0 Å². The lowest BCUT2D eigenvalue weighted by molar-refractivity contribution is 0.163. The van der Waals surface area contributed by atoms with Crippen LogP contribution in [0, 0.1) is 11.7 Å². The van der Waals surface area contributed by atoms with Gasteiger partial charge in [0.2, 0.25) is 0 Å². The van der Waals surface area contributed by atoms with Gasteiger partial charge in [0, 0.05) is 49.7 Å². The van der Waals surface area contributed by atoms with Crippen molar-refractivity contribution in [2.75, 3.05) is 25.5 Å². The number of piperidine rings is 1. The van der Waals surface area contributed by atoms with Crippen LogP contribution in [-0.4, -0.2) is 36.1 Å². The highest BCUT2D eigenvalue weighted by Crippen LogP contribution is 2.25. The molecule has 128 valence electrons. The van der Waals surface area contributed by atoms with Crippen LogP contribution in [0.25, 0.3) is 0 Å². The van der Waals surface area contributed by atoms with E-state index in [0.29, 0.717) is 17.7 Å². The minimum atomic E-state index is -0.280. The van der Waals surface area contributed by atoms with E-state index in [9.17, 15) is 4.39 Å². The van der Waals surface area contributed by atoms with Crippen molar-refractivity contribution in [2.45, 2.75) is 25.9 Å². The number of halogens is 1. The van der Waals surface area contributed by atoms with Gasteiger partial charge in [-0.1, -0.05) is 13.0 Å². The molecule has 3 rings (SSSR count). The van der Waals surface area contributed by atoms with Gasteiger partial charge >= 0.3 is 0 Å². The predicted molar refractivity (Wildman–Crippen MR) is 93.7 cm³/mol. The Labute approximate surface area is 142 Å². The maximum atomic E-state index is 13.6. The average Bonchev–Trinajstić information content (AvgIpc) is 2.58. The first kappa shape index (κ1) is 16.7. The smallest absolute Gasteiger partial charge is 0.128 e. The topological polar surface area (TPSA) is 37.4 Å². The fourth-order valence-corrected chi connectivity index (χ4v) is 3.29. The molecule has 5 heteroatoms. The SMILES string of the molecule is COc1cc(F)cc(N[C@@H]2CCN(Cc3ccccn3)C[C@H]2C)c1. The van der Waals surface area contributed by atoms with Crippen LogP contribution in [0.2, 0.25) is 0 Å². The normalized spacial score (nSPS) is 21.5. The summed E-state index contributed by atoms with van der Waals surface area (Å²) in [5, 5.41) is 3.47. The van der Waals surface area contributed by atoms with E-state index < -0.39 is 0 Å². The molecule has 0 unspecified atom stereocenters. The number of hydrogen-bond donors (Lipinski definition) is 1. The van der Waals surface area contributed by atoms with Crippen LogP contribution in [-0.2, 0) is 6.54 Å². The van der Waals surface area contributed by atoms with Crippen molar-refractivity contribution in [3.05, 3.63) is 54.1 Å². The number of nitrogens with zero attached hydrogens (tertiary/aromatic N) is 2. The summed E-state index contributed by atoms with van der Waals surface area (Å²) in [4.78, 5) is 6.83. The summed E-state index contributed by atoms with van der Waals surface area (Å²) in [5.74, 6) is 0.728. The van der Waals surface area contributed by atoms with E-state index in [1.165, 1.54) is 12.1 Å². The van der Waals surface area contributed by atoms with Crippen LogP contribution in [0.5, 0.6) is 5.75 Å². The number of benzene rings is 1. The molecule has 0 aliphatic carbocycles. The lowest BCUT2D eigenvalue weighted by atomic mass is 9.93. The highest BCUT2D eigenvalue weighted by molar-refractivity contribution is 5.49. The van der Waals surface area contributed by atoms with Gasteiger partial charge in [-0.3, -0.25) is 9.88 Å². The van der Waals surface area contributed by atoms with Crippen molar-refractivity contribution in [3.8, 4) is 5.75 Å². The fourth-order valence-electron chi connectivity index (χ4n) is 3.29. The number of likely N-dealkylation sites (tertiary alicyclic amines) is 1. The maximum Gasteiger partial charge on any atom is 0.128 e. The van der Waals surface area contributed by atoms with E-state index in [2.05, 4.69) is 28.2 Å². The number of pyridine rings is 1. The Morgan fingerprint density at radius 2 is 2.21 bits per heavy atom. The second kappa shape index (κ2) is 7.62. The highest BCUT2D eigenvalue weighted by Gasteiger charge is 2.26. The van der Waals surface area contributed by atoms with Gasteiger partial charge < -0.3 is 10.1 Å². The van der Waals surface area contributed by atoms with Crippen molar-refractivity contribution in [3.63, 3.8) is 0 Å². The first-order valence-electron chi connectivity index (χ1n) is 8.37. The minimum Gasteiger partial charge on any atom is -0.497 e. The second-order valence-corrected chi connectivity index (χ2v) is 6.45. The second-order valence-electron chi connectivity index (χ2n) is 6.45. The van der Waals surface area contributed by atoms with Gasteiger partial charge in [0.1, 0.15) is 11.6 Å². The van der Waals surface area contributed by atoms with Crippen LogP contribution >= 0.6 is 0 Å². The predicted octanol–water partition coefficient (Wildman–Crippen LogP) is 3.55. The van der Waals surface area contributed by atoms with Crippen molar-refractivity contribution >= 4 is 5.69 Å². The molecule has 1 N–H and O–H groups in total. The first-order valence-corrected chi connectivity index (χ1v) is 8.37. The Balaban J connectivity index is 1.59. The lowest BCUT2D eigenvalue weighted by Gasteiger charge is -2.37. The van der Waals surface area contributed by atoms with E-state index in [0.717, 1.165) is 37.4 Å². The quantitative estimate of drug-likeness (QED) is 0.910. The highest BCUT2D eigenvalue weighted by atomic mass is 19.1. The Morgan fingerprint density at radius 3 is 2.92 bits per heavy atom. The molecule has 0 bridgehead atoms. The van der Waals surface area contributed by atoms with Gasteiger partial charge in [-0.2, -0.15) is 0 Å². The van der Waals surface area contributed by atoms with Gasteiger partial charge in [0.25, 0.3) is 0 Å². The number of rotatable bonds is 5. The fraction of sp³-hybridized carbons (Fsp3) is 0.421. The summed E-state index contributed by atoms with van der Waals surface area (Å²) < 4.78 is 18.8. The Kier molecular flexibility index (Phi) is 5.30. The zero-order valence-corrected chi connectivity index (χ0v) is 14.2. The van der Waals surface area contributed by atoms with Gasteiger partial charge in [-0.15, -0.1) is 0 Å². The summed E-state index contributed by atoms with van der Waals surface area (Å²) in [6, 6.07) is 11.1. The van der Waals surface area contributed by atoms with Crippen LogP contribution in [0.15, 0.2) is 42.6 Å². The van der Waals surface area contributed by atoms with E-state index in [4.69, 9.17) is 4.74 Å². The first-order chi connectivity index (χ1) is 11.6. The Bertz CT molecular complexity index is 665. The van der Waals surface area contributed by atoms with Crippen molar-refractivity contribution in [1.82, 2.24) is 9.88 Å². The molecule has 0 spiro atoms. The standard InChI is InChI=1S/C19H24FN3O/c1-14-12-23(13-16-5-3-4-7-21-16)8-6-19(14)22-17-9-15(20)10-18(11-17)24-2/h3-5,7,9-11,14,19,22H,6,8,12-13H2,1-2H3/t14-,19-/m1/s1. The van der Waals surface area contributed by atoms with Gasteiger partial charge in [-0.25, -0.2) is 4.39 Å². The molecule has 2 heterocycles. The molecule has 4 nitrogen and oxygen atoms in total. The molecule has 1 aromatic heterocycles. The average molecular weight is 329 g/mol. The molecular formula is C19H24FN3O. The van der Waals surface area contributed by atoms with Crippen molar-refractivity contribution in [2.24, 2.45) is 5.92 Å². The summed E-state index contributed by atoms with van der Waals surface area (Å²) in [6.45, 7) is 5.12. The van der Waals surface area contributed by atoms with Gasteiger partial charge in [0.05, 0.1) is 12.8 Å². The summed E-state index contributed by atoms with van der Waals surface area (Å²) in [7, 11) is 1.55. The lowest BCUT2D eigenvalue weighted by Crippen LogP contribution is -2.44. The summed E-state index contributed by atoms with van der Waals surface area (Å²) in [5.41, 5.74) is 1.88. The summed E-state index contributed by atoms with van der Waals surface area (Å²) >= 11 is 0. The van der Waals surface area contributed by atoms with Crippen molar-refractivity contribution in [1.29, 1.82) is 0 Å². The molecule has 1 aliphatic rings. The van der Waals surface area contributed by atoms with Crippen LogP contribution in [0.3, 0.4) is 0 Å². The Morgan fingerprint density at radius 1 is 1.33 bits per heavy atom. The molecule has 0 saturated carbocycles. The molecule has 0 radical (unpaired) electrons.